The average Bonchev–Trinajstić information content (AvgIpc) is 2.49. The molecule has 0 radical (unpaired) electrons. The van der Waals surface area contributed by atoms with Crippen LogP contribution in [0.15, 0.2) is 28.9 Å². The van der Waals surface area contributed by atoms with Crippen LogP contribution in [0.1, 0.15) is 5.56 Å². The number of nitrogens with zero attached hydrogens (tertiary/aromatic N) is 1. The highest BCUT2D eigenvalue weighted by atomic mass is 19.1. The van der Waals surface area contributed by atoms with Gasteiger partial charge in [-0.15, -0.1) is 0 Å². The maximum atomic E-state index is 12.8. The minimum atomic E-state index is -0.312. The van der Waals surface area contributed by atoms with Crippen LogP contribution >= 0.6 is 0 Å². The Hall–Kier alpha value is -1.82. The van der Waals surface area contributed by atoms with Gasteiger partial charge in [0, 0.05) is 10.9 Å². The molecule has 1 heterocycles. The predicted molar refractivity (Wildman–Crippen MR) is 45.5 cm³/mol. The minimum absolute atomic E-state index is 0.246. The molecule has 2 rings (SSSR count). The van der Waals surface area contributed by atoms with Crippen molar-refractivity contribution in [2.24, 2.45) is 0 Å². The van der Waals surface area contributed by atoms with E-state index in [1.807, 2.05) is 6.07 Å². The van der Waals surface area contributed by atoms with E-state index in [0.717, 1.165) is 5.56 Å². The Kier molecular flexibility index (Phi) is 1.75. The summed E-state index contributed by atoms with van der Waals surface area (Å²) in [6.07, 6.45) is 1.74. The summed E-state index contributed by atoms with van der Waals surface area (Å²) < 4.78 is 17.9. The monoisotopic (exact) mass is 175 g/mol. The van der Waals surface area contributed by atoms with Gasteiger partial charge in [-0.25, -0.2) is 4.39 Å². The summed E-state index contributed by atoms with van der Waals surface area (Å²) in [4.78, 5) is 0. The standard InChI is InChI=1S/C10H6FNO/c11-8-1-2-10-9(5-8)7(3-4-12)6-13-10/h1-2,5-6H,3H2. The van der Waals surface area contributed by atoms with Gasteiger partial charge in [0.2, 0.25) is 0 Å². The van der Waals surface area contributed by atoms with Crippen LogP contribution in [-0.4, -0.2) is 0 Å². The summed E-state index contributed by atoms with van der Waals surface area (Å²) in [5.41, 5.74) is 1.35. The highest BCUT2D eigenvalue weighted by Crippen LogP contribution is 2.22. The zero-order valence-electron chi connectivity index (χ0n) is 6.75. The van der Waals surface area contributed by atoms with Crippen molar-refractivity contribution in [2.75, 3.05) is 0 Å². The largest absolute Gasteiger partial charge is 0.464 e. The van der Waals surface area contributed by atoms with Crippen LogP contribution in [0.3, 0.4) is 0 Å². The van der Waals surface area contributed by atoms with Gasteiger partial charge < -0.3 is 4.42 Å². The van der Waals surface area contributed by atoms with Crippen LogP contribution in [0, 0.1) is 17.1 Å². The molecule has 3 heteroatoms. The lowest BCUT2D eigenvalue weighted by Crippen LogP contribution is -1.78. The molecule has 2 nitrogen and oxygen atoms in total. The molecule has 13 heavy (non-hydrogen) atoms. The molecule has 0 aliphatic heterocycles. The third-order valence-electron chi connectivity index (χ3n) is 1.89. The molecule has 0 aliphatic carbocycles. The molecule has 0 bridgehead atoms. The van der Waals surface area contributed by atoms with E-state index in [9.17, 15) is 4.39 Å². The van der Waals surface area contributed by atoms with Gasteiger partial charge in [-0.1, -0.05) is 0 Å². The summed E-state index contributed by atoms with van der Waals surface area (Å²) in [6, 6.07) is 6.28. The van der Waals surface area contributed by atoms with Crippen molar-refractivity contribution < 1.29 is 8.81 Å². The fourth-order valence-electron chi connectivity index (χ4n) is 1.28. The van der Waals surface area contributed by atoms with Gasteiger partial charge in [-0.2, -0.15) is 5.26 Å². The lowest BCUT2D eigenvalue weighted by atomic mass is 10.1. The second-order valence-electron chi connectivity index (χ2n) is 2.74. The molecule has 0 aliphatic rings. The highest BCUT2D eigenvalue weighted by molar-refractivity contribution is 5.81. The van der Waals surface area contributed by atoms with Crippen LogP contribution in [0.4, 0.5) is 4.39 Å². The van der Waals surface area contributed by atoms with Crippen molar-refractivity contribution >= 4 is 11.0 Å². The molecule has 2 aromatic rings. The number of hydrogen-bond acceptors (Lipinski definition) is 2. The number of furan rings is 1. The molecule has 0 N–H and O–H groups in total. The van der Waals surface area contributed by atoms with Crippen LogP contribution in [-0.2, 0) is 6.42 Å². The topological polar surface area (TPSA) is 36.9 Å². The summed E-state index contributed by atoms with van der Waals surface area (Å²) in [7, 11) is 0. The van der Waals surface area contributed by atoms with Crippen LogP contribution in [0.25, 0.3) is 11.0 Å². The predicted octanol–water partition coefficient (Wildman–Crippen LogP) is 2.64. The zero-order valence-corrected chi connectivity index (χ0v) is 6.75. The lowest BCUT2D eigenvalue weighted by molar-refractivity contribution is 0.607. The number of benzene rings is 1. The van der Waals surface area contributed by atoms with Crippen molar-refractivity contribution in [2.45, 2.75) is 6.42 Å². The first kappa shape index (κ1) is 7.81. The zero-order chi connectivity index (χ0) is 9.26. The van der Waals surface area contributed by atoms with E-state index in [1.165, 1.54) is 18.4 Å². The molecule has 1 aromatic carbocycles. The Balaban J connectivity index is 2.66. The Morgan fingerprint density at radius 2 is 2.31 bits per heavy atom. The number of nitriles is 1. The maximum absolute atomic E-state index is 12.8. The quantitative estimate of drug-likeness (QED) is 0.668. The highest BCUT2D eigenvalue weighted by Gasteiger charge is 2.05. The summed E-state index contributed by atoms with van der Waals surface area (Å²) in [6.45, 7) is 0. The van der Waals surface area contributed by atoms with E-state index in [1.54, 1.807) is 6.07 Å². The first-order chi connectivity index (χ1) is 6.31. The van der Waals surface area contributed by atoms with Gasteiger partial charge in [-0.3, -0.25) is 0 Å². The minimum Gasteiger partial charge on any atom is -0.464 e. The smallest absolute Gasteiger partial charge is 0.134 e. The van der Waals surface area contributed by atoms with E-state index in [-0.39, 0.29) is 12.2 Å². The van der Waals surface area contributed by atoms with E-state index in [0.29, 0.717) is 11.0 Å². The van der Waals surface area contributed by atoms with E-state index in [4.69, 9.17) is 9.68 Å². The normalized spacial score (nSPS) is 10.2. The second kappa shape index (κ2) is 2.91. The fourth-order valence-corrected chi connectivity index (χ4v) is 1.28. The molecule has 1 aromatic heterocycles. The van der Waals surface area contributed by atoms with Crippen molar-refractivity contribution in [1.29, 1.82) is 5.26 Å². The van der Waals surface area contributed by atoms with Gasteiger partial charge in [-0.05, 0) is 18.2 Å². The van der Waals surface area contributed by atoms with Crippen molar-refractivity contribution in [3.63, 3.8) is 0 Å². The lowest BCUT2D eigenvalue weighted by Gasteiger charge is -1.90. The molecule has 0 saturated carbocycles. The molecule has 0 fully saturated rings. The molecule has 64 valence electrons. The number of halogens is 1. The fraction of sp³-hybridized carbons (Fsp3) is 0.100. The van der Waals surface area contributed by atoms with Crippen LogP contribution in [0.5, 0.6) is 0 Å². The molecule has 0 spiro atoms. The Morgan fingerprint density at radius 1 is 1.46 bits per heavy atom. The SMILES string of the molecule is N#CCc1coc2ccc(F)cc12. The summed E-state index contributed by atoms with van der Waals surface area (Å²) >= 11 is 0. The van der Waals surface area contributed by atoms with Gasteiger partial charge in [0.25, 0.3) is 0 Å². The van der Waals surface area contributed by atoms with Gasteiger partial charge >= 0.3 is 0 Å². The third kappa shape index (κ3) is 1.27. The van der Waals surface area contributed by atoms with Crippen LogP contribution < -0.4 is 0 Å². The summed E-state index contributed by atoms with van der Waals surface area (Å²) in [5, 5.41) is 9.16. The molecular formula is C10H6FNO. The average molecular weight is 175 g/mol. The van der Waals surface area contributed by atoms with E-state index in [2.05, 4.69) is 0 Å². The van der Waals surface area contributed by atoms with Crippen LogP contribution in [0.2, 0.25) is 0 Å². The van der Waals surface area contributed by atoms with E-state index >= 15 is 0 Å². The Labute approximate surface area is 74.2 Å². The van der Waals surface area contributed by atoms with Gasteiger partial charge in [0.1, 0.15) is 11.4 Å². The molecule has 0 amide bonds. The van der Waals surface area contributed by atoms with Crippen molar-refractivity contribution in [3.8, 4) is 6.07 Å². The molecular weight excluding hydrogens is 169 g/mol. The Morgan fingerprint density at radius 3 is 3.08 bits per heavy atom. The Bertz CT molecular complexity index is 481. The number of hydrogen-bond donors (Lipinski definition) is 0. The molecule has 0 atom stereocenters. The molecule has 0 unspecified atom stereocenters. The maximum Gasteiger partial charge on any atom is 0.134 e. The first-order valence-electron chi connectivity index (χ1n) is 3.84. The van der Waals surface area contributed by atoms with Crippen molar-refractivity contribution in [1.82, 2.24) is 0 Å². The van der Waals surface area contributed by atoms with Gasteiger partial charge in [0.15, 0.2) is 0 Å². The number of rotatable bonds is 1. The van der Waals surface area contributed by atoms with E-state index < -0.39 is 0 Å². The molecule has 0 saturated heterocycles. The summed E-state index contributed by atoms with van der Waals surface area (Å²) in [5.74, 6) is -0.312. The van der Waals surface area contributed by atoms with Crippen molar-refractivity contribution in [3.05, 3.63) is 35.8 Å². The van der Waals surface area contributed by atoms with Gasteiger partial charge in [0.05, 0.1) is 18.8 Å². The number of fused-ring (bicyclic) bond motifs is 1. The first-order valence-corrected chi connectivity index (χ1v) is 3.84. The second-order valence-corrected chi connectivity index (χ2v) is 2.74. The third-order valence-corrected chi connectivity index (χ3v) is 1.89.